The van der Waals surface area contributed by atoms with Crippen LogP contribution in [0.25, 0.3) is 16.9 Å². The molecule has 7 heteroatoms. The van der Waals surface area contributed by atoms with Crippen molar-refractivity contribution in [2.24, 2.45) is 7.05 Å². The molecule has 3 aromatic heterocycles. The first kappa shape index (κ1) is 16.9. The van der Waals surface area contributed by atoms with E-state index in [-0.39, 0.29) is 17.8 Å². The van der Waals surface area contributed by atoms with Crippen LogP contribution in [0.4, 0.5) is 0 Å². The summed E-state index contributed by atoms with van der Waals surface area (Å²) in [6.07, 6.45) is 7.96. The van der Waals surface area contributed by atoms with E-state index in [0.29, 0.717) is 17.2 Å². The highest BCUT2D eigenvalue weighted by molar-refractivity contribution is 5.75. The molecule has 0 aromatic carbocycles. The number of nitrogens with zero attached hydrogens (tertiary/aromatic N) is 5. The van der Waals surface area contributed by atoms with Crippen LogP contribution in [0.2, 0.25) is 0 Å². The van der Waals surface area contributed by atoms with Gasteiger partial charge in [0.25, 0.3) is 5.56 Å². The SMILES string of the molecule is C=C(C)Cn1c(=O)c2c(nc3n(C4CCCCC4)c(C)cn23)n(C)c1=O. The average molecular weight is 355 g/mol. The molecule has 0 saturated heterocycles. The summed E-state index contributed by atoms with van der Waals surface area (Å²) in [5.74, 6) is 0.754. The predicted octanol–water partition coefficient (Wildman–Crippen LogP) is 2.54. The van der Waals surface area contributed by atoms with Gasteiger partial charge >= 0.3 is 5.69 Å². The van der Waals surface area contributed by atoms with E-state index in [9.17, 15) is 9.59 Å². The largest absolute Gasteiger partial charge is 0.332 e. The number of imidazole rings is 2. The van der Waals surface area contributed by atoms with Gasteiger partial charge in [0.05, 0.1) is 6.54 Å². The molecule has 0 radical (unpaired) electrons. The Morgan fingerprint density at radius 2 is 1.96 bits per heavy atom. The zero-order valence-corrected chi connectivity index (χ0v) is 15.7. The second-order valence-electron chi connectivity index (χ2n) is 7.58. The van der Waals surface area contributed by atoms with Gasteiger partial charge in [-0.3, -0.25) is 18.3 Å². The quantitative estimate of drug-likeness (QED) is 0.678. The van der Waals surface area contributed by atoms with Crippen LogP contribution in [0.3, 0.4) is 0 Å². The lowest BCUT2D eigenvalue weighted by Gasteiger charge is -2.24. The minimum Gasteiger partial charge on any atom is -0.311 e. The molecule has 0 atom stereocenters. The van der Waals surface area contributed by atoms with Crippen LogP contribution in [0.15, 0.2) is 27.9 Å². The lowest BCUT2D eigenvalue weighted by Crippen LogP contribution is -2.39. The van der Waals surface area contributed by atoms with Gasteiger partial charge in [-0.2, -0.15) is 4.98 Å². The molecule has 138 valence electrons. The summed E-state index contributed by atoms with van der Waals surface area (Å²) in [6, 6.07) is 0.410. The summed E-state index contributed by atoms with van der Waals surface area (Å²) in [4.78, 5) is 30.4. The fraction of sp³-hybridized carbons (Fsp3) is 0.526. The maximum Gasteiger partial charge on any atom is 0.332 e. The van der Waals surface area contributed by atoms with E-state index >= 15 is 0 Å². The van der Waals surface area contributed by atoms with Crippen LogP contribution in [0.5, 0.6) is 0 Å². The van der Waals surface area contributed by atoms with Crippen molar-refractivity contribution in [3.63, 3.8) is 0 Å². The van der Waals surface area contributed by atoms with Gasteiger partial charge in [0.15, 0.2) is 11.2 Å². The van der Waals surface area contributed by atoms with E-state index in [4.69, 9.17) is 4.98 Å². The van der Waals surface area contributed by atoms with Gasteiger partial charge in [-0.1, -0.05) is 31.4 Å². The minimum atomic E-state index is -0.354. The Hall–Kier alpha value is -2.57. The van der Waals surface area contributed by atoms with Gasteiger partial charge in [-0.15, -0.1) is 0 Å². The van der Waals surface area contributed by atoms with Crippen LogP contribution < -0.4 is 11.2 Å². The second-order valence-corrected chi connectivity index (χ2v) is 7.58. The highest BCUT2D eigenvalue weighted by Gasteiger charge is 2.24. The van der Waals surface area contributed by atoms with Crippen molar-refractivity contribution < 1.29 is 0 Å². The summed E-state index contributed by atoms with van der Waals surface area (Å²) in [6.45, 7) is 7.93. The number of aryl methyl sites for hydroxylation is 2. The molecule has 3 heterocycles. The summed E-state index contributed by atoms with van der Waals surface area (Å²) >= 11 is 0. The summed E-state index contributed by atoms with van der Waals surface area (Å²) in [5.41, 5.74) is 2.10. The molecule has 4 rings (SSSR count). The first-order chi connectivity index (χ1) is 12.4. The molecule has 1 aliphatic carbocycles. The van der Waals surface area contributed by atoms with Gasteiger partial charge < -0.3 is 4.57 Å². The van der Waals surface area contributed by atoms with E-state index in [1.807, 2.05) is 17.5 Å². The molecule has 7 nitrogen and oxygen atoms in total. The van der Waals surface area contributed by atoms with Crippen LogP contribution in [0.1, 0.15) is 50.8 Å². The Bertz CT molecular complexity index is 1140. The van der Waals surface area contributed by atoms with Crippen LogP contribution in [0, 0.1) is 6.92 Å². The molecule has 0 unspecified atom stereocenters. The lowest BCUT2D eigenvalue weighted by molar-refractivity contribution is 0.355. The molecule has 0 amide bonds. The summed E-state index contributed by atoms with van der Waals surface area (Å²) in [5, 5.41) is 0. The third kappa shape index (κ3) is 2.37. The Labute approximate surface area is 151 Å². The first-order valence-corrected chi connectivity index (χ1v) is 9.24. The first-order valence-electron chi connectivity index (χ1n) is 9.24. The Balaban J connectivity index is 2.04. The van der Waals surface area contributed by atoms with Crippen molar-refractivity contribution in [3.05, 3.63) is 44.9 Å². The highest BCUT2D eigenvalue weighted by Crippen LogP contribution is 2.31. The topological polar surface area (TPSA) is 66.2 Å². The zero-order chi connectivity index (χ0) is 18.6. The van der Waals surface area contributed by atoms with Crippen molar-refractivity contribution in [1.82, 2.24) is 23.1 Å². The number of hydrogen-bond acceptors (Lipinski definition) is 3. The standard InChI is InChI=1S/C19H25N5O2/c1-12(2)10-23-17(25)15-16(21(4)19(23)26)20-18-22(15)11-13(3)24(18)14-8-6-5-7-9-14/h11,14H,1,5-10H2,2-4H3. The van der Waals surface area contributed by atoms with Gasteiger partial charge in [0.2, 0.25) is 5.78 Å². The average Bonchev–Trinajstić information content (AvgIpc) is 3.12. The third-order valence-electron chi connectivity index (χ3n) is 5.44. The van der Waals surface area contributed by atoms with E-state index in [2.05, 4.69) is 18.1 Å². The molecule has 1 fully saturated rings. The Morgan fingerprint density at radius 1 is 1.27 bits per heavy atom. The monoisotopic (exact) mass is 355 g/mol. The van der Waals surface area contributed by atoms with Gasteiger partial charge in [-0.05, 0) is 26.7 Å². The predicted molar refractivity (Wildman–Crippen MR) is 102 cm³/mol. The fourth-order valence-corrected chi connectivity index (χ4v) is 4.23. The minimum absolute atomic E-state index is 0.219. The maximum atomic E-state index is 13.0. The van der Waals surface area contributed by atoms with E-state index in [1.54, 1.807) is 7.05 Å². The highest BCUT2D eigenvalue weighted by atomic mass is 16.2. The second kappa shape index (κ2) is 6.00. The van der Waals surface area contributed by atoms with E-state index < -0.39 is 0 Å². The van der Waals surface area contributed by atoms with Crippen molar-refractivity contribution in [3.8, 4) is 0 Å². The third-order valence-corrected chi connectivity index (χ3v) is 5.44. The number of allylic oxidation sites excluding steroid dienone is 1. The van der Waals surface area contributed by atoms with Gasteiger partial charge in [0.1, 0.15) is 0 Å². The lowest BCUT2D eigenvalue weighted by atomic mass is 9.95. The number of fused-ring (bicyclic) bond motifs is 3. The van der Waals surface area contributed by atoms with Crippen LogP contribution in [-0.4, -0.2) is 23.1 Å². The normalized spacial score (nSPS) is 16.0. The smallest absolute Gasteiger partial charge is 0.311 e. The molecule has 1 aliphatic rings. The number of aromatic nitrogens is 5. The molecule has 0 bridgehead atoms. The molecule has 0 aliphatic heterocycles. The summed E-state index contributed by atoms with van der Waals surface area (Å²) < 4.78 is 6.81. The van der Waals surface area contributed by atoms with Crippen molar-refractivity contribution in [1.29, 1.82) is 0 Å². The molecule has 0 spiro atoms. The van der Waals surface area contributed by atoms with Crippen molar-refractivity contribution in [2.45, 2.75) is 58.5 Å². The number of hydrogen-bond donors (Lipinski definition) is 0. The summed E-state index contributed by atoms with van der Waals surface area (Å²) in [7, 11) is 1.67. The molecular formula is C19H25N5O2. The van der Waals surface area contributed by atoms with Gasteiger partial charge in [-0.25, -0.2) is 4.79 Å². The van der Waals surface area contributed by atoms with Crippen LogP contribution >= 0.6 is 0 Å². The fourth-order valence-electron chi connectivity index (χ4n) is 4.23. The van der Waals surface area contributed by atoms with Crippen LogP contribution in [-0.2, 0) is 13.6 Å². The Kier molecular flexibility index (Phi) is 3.89. The van der Waals surface area contributed by atoms with Gasteiger partial charge in [0, 0.05) is 25.0 Å². The molecule has 0 N–H and O–H groups in total. The van der Waals surface area contributed by atoms with Crippen molar-refractivity contribution >= 4 is 16.9 Å². The molecule has 26 heavy (non-hydrogen) atoms. The maximum absolute atomic E-state index is 13.0. The number of rotatable bonds is 3. The molecule has 1 saturated carbocycles. The van der Waals surface area contributed by atoms with E-state index in [0.717, 1.165) is 29.9 Å². The zero-order valence-electron chi connectivity index (χ0n) is 15.7. The molecule has 3 aromatic rings. The van der Waals surface area contributed by atoms with E-state index in [1.165, 1.54) is 28.4 Å². The van der Waals surface area contributed by atoms with Crippen molar-refractivity contribution in [2.75, 3.05) is 0 Å². The Morgan fingerprint density at radius 3 is 2.62 bits per heavy atom. The molecular weight excluding hydrogens is 330 g/mol.